The number of nitriles is 1. The van der Waals surface area contributed by atoms with Gasteiger partial charge in [-0.25, -0.2) is 19.2 Å². The van der Waals surface area contributed by atoms with E-state index in [1.807, 2.05) is 18.2 Å². The van der Waals surface area contributed by atoms with Crippen LogP contribution in [0.25, 0.3) is 11.0 Å². The summed E-state index contributed by atoms with van der Waals surface area (Å²) in [5, 5.41) is 18.3. The van der Waals surface area contributed by atoms with Crippen molar-refractivity contribution in [2.24, 2.45) is 7.05 Å². The van der Waals surface area contributed by atoms with Gasteiger partial charge in [-0.15, -0.1) is 0 Å². The topological polar surface area (TPSA) is 114 Å². The molecule has 212 valence electrons. The zero-order valence-electron chi connectivity index (χ0n) is 22.1. The van der Waals surface area contributed by atoms with Gasteiger partial charge in [0.2, 0.25) is 5.88 Å². The number of likely N-dealkylation sites (tertiary alicyclic amines) is 1. The van der Waals surface area contributed by atoms with Gasteiger partial charge in [-0.2, -0.15) is 14.0 Å². The molecule has 0 radical (unpaired) electrons. The van der Waals surface area contributed by atoms with Crippen molar-refractivity contribution in [3.8, 4) is 17.7 Å². The Morgan fingerprint density at radius 3 is 2.63 bits per heavy atom. The Morgan fingerprint density at radius 1 is 1.17 bits per heavy atom. The number of halogens is 3. The molecule has 2 aromatic carbocycles. The number of imidazole rings is 1. The monoisotopic (exact) mass is 565 g/mol. The Morgan fingerprint density at radius 2 is 1.95 bits per heavy atom. The number of hydrogen-bond acceptors (Lipinski definition) is 7. The number of aryl methyl sites for hydroxylation is 1. The van der Waals surface area contributed by atoms with E-state index in [2.05, 4.69) is 19.6 Å². The van der Waals surface area contributed by atoms with Crippen LogP contribution in [0.1, 0.15) is 51.8 Å². The minimum atomic E-state index is -3.11. The van der Waals surface area contributed by atoms with Crippen LogP contribution >= 0.6 is 0 Å². The molecule has 2 aromatic heterocycles. The Kier molecular flexibility index (Phi) is 8.07. The lowest BCUT2D eigenvalue weighted by Gasteiger charge is -2.31. The van der Waals surface area contributed by atoms with Crippen LogP contribution in [0.5, 0.6) is 11.6 Å². The number of aromatic carboxylic acids is 1. The van der Waals surface area contributed by atoms with E-state index in [-0.39, 0.29) is 34.9 Å². The number of carboxylic acid groups (broad SMARTS) is 1. The number of nitrogens with zero attached hydrogens (tertiary/aromatic N) is 5. The zero-order chi connectivity index (χ0) is 29.1. The fourth-order valence-corrected chi connectivity index (χ4v) is 4.97. The van der Waals surface area contributed by atoms with E-state index in [4.69, 9.17) is 10.00 Å². The molecule has 41 heavy (non-hydrogen) atoms. The average Bonchev–Trinajstić information content (AvgIpc) is 3.27. The summed E-state index contributed by atoms with van der Waals surface area (Å²) in [6, 6.07) is 14.1. The molecular weight excluding hydrogens is 539 g/mol. The maximum absolute atomic E-state index is 14.2. The first kappa shape index (κ1) is 27.9. The van der Waals surface area contributed by atoms with E-state index >= 15 is 0 Å². The number of aromatic nitrogens is 3. The lowest BCUT2D eigenvalue weighted by Crippen LogP contribution is -2.33. The van der Waals surface area contributed by atoms with Gasteiger partial charge in [0.25, 0.3) is 0 Å². The number of pyridine rings is 1. The molecule has 0 unspecified atom stereocenters. The highest BCUT2D eigenvalue weighted by Crippen LogP contribution is 2.32. The van der Waals surface area contributed by atoms with Crippen molar-refractivity contribution >= 4 is 17.0 Å². The quantitative estimate of drug-likeness (QED) is 0.293. The zero-order valence-corrected chi connectivity index (χ0v) is 22.1. The minimum absolute atomic E-state index is 0.0114. The number of rotatable bonds is 9. The van der Waals surface area contributed by atoms with Gasteiger partial charge in [0.1, 0.15) is 23.8 Å². The van der Waals surface area contributed by atoms with Crippen LogP contribution in [0.15, 0.2) is 48.5 Å². The third kappa shape index (κ3) is 6.25. The van der Waals surface area contributed by atoms with Gasteiger partial charge in [-0.1, -0.05) is 12.1 Å². The van der Waals surface area contributed by atoms with Crippen molar-refractivity contribution in [2.45, 2.75) is 38.5 Å². The first-order chi connectivity index (χ1) is 19.7. The molecule has 0 atom stereocenters. The molecule has 4 aromatic rings. The molecule has 12 heteroatoms. The van der Waals surface area contributed by atoms with Crippen molar-refractivity contribution in [1.29, 1.82) is 5.26 Å². The predicted molar refractivity (Wildman–Crippen MR) is 141 cm³/mol. The number of benzene rings is 2. The summed E-state index contributed by atoms with van der Waals surface area (Å²) in [5.41, 5.74) is 1.87. The number of hydrogen-bond donors (Lipinski definition) is 1. The SMILES string of the molecule is Cn1c(CN2CCC(c3cccc(OCc4ccc(C#N)cc4F)n3)CC2)nc2c(OC(F)F)cc(C(=O)O)cc21. The van der Waals surface area contributed by atoms with Crippen LogP contribution in [0.3, 0.4) is 0 Å². The van der Waals surface area contributed by atoms with E-state index in [1.54, 1.807) is 17.7 Å². The van der Waals surface area contributed by atoms with Crippen LogP contribution in [0.4, 0.5) is 13.2 Å². The molecule has 1 aliphatic rings. The second kappa shape index (κ2) is 11.9. The van der Waals surface area contributed by atoms with Crippen LogP contribution < -0.4 is 9.47 Å². The minimum Gasteiger partial charge on any atom is -0.478 e. The summed E-state index contributed by atoms with van der Waals surface area (Å²) in [6.45, 7) is -1.21. The Balaban J connectivity index is 1.23. The molecular formula is C29H26F3N5O4. The first-order valence-corrected chi connectivity index (χ1v) is 12.9. The van der Waals surface area contributed by atoms with Crippen LogP contribution in [0.2, 0.25) is 0 Å². The Bertz CT molecular complexity index is 1630. The molecule has 1 fully saturated rings. The van der Waals surface area contributed by atoms with Gasteiger partial charge in [0.15, 0.2) is 5.75 Å². The summed E-state index contributed by atoms with van der Waals surface area (Å²) >= 11 is 0. The normalized spacial score (nSPS) is 14.3. The van der Waals surface area contributed by atoms with Crippen LogP contribution in [-0.2, 0) is 20.2 Å². The summed E-state index contributed by atoms with van der Waals surface area (Å²) in [6.07, 6.45) is 1.63. The van der Waals surface area contributed by atoms with Crippen molar-refractivity contribution in [2.75, 3.05) is 13.1 Å². The molecule has 9 nitrogen and oxygen atoms in total. The maximum atomic E-state index is 14.2. The highest BCUT2D eigenvalue weighted by atomic mass is 19.3. The second-order valence-electron chi connectivity index (χ2n) is 9.77. The van der Waals surface area contributed by atoms with Crippen molar-refractivity contribution in [3.63, 3.8) is 0 Å². The van der Waals surface area contributed by atoms with Gasteiger partial charge >= 0.3 is 12.6 Å². The number of carboxylic acids is 1. The fourth-order valence-electron chi connectivity index (χ4n) is 4.97. The number of alkyl halides is 2. The van der Waals surface area contributed by atoms with Crippen molar-refractivity contribution in [1.82, 2.24) is 19.4 Å². The summed E-state index contributed by atoms with van der Waals surface area (Å²) in [7, 11) is 1.72. The van der Waals surface area contributed by atoms with Crippen LogP contribution in [-0.4, -0.2) is 50.2 Å². The van der Waals surface area contributed by atoms with E-state index in [0.29, 0.717) is 29.3 Å². The number of ether oxygens (including phenoxy) is 2. The molecule has 1 aliphatic heterocycles. The number of carbonyl (C=O) groups is 1. The van der Waals surface area contributed by atoms with Crippen LogP contribution in [0, 0.1) is 17.1 Å². The van der Waals surface area contributed by atoms with Crippen molar-refractivity contribution < 1.29 is 32.5 Å². The smallest absolute Gasteiger partial charge is 0.387 e. The third-order valence-corrected chi connectivity index (χ3v) is 7.18. The third-order valence-electron chi connectivity index (χ3n) is 7.18. The standard InChI is InChI=1S/C29H26F3N5O4/c1-36-23-12-20(28(38)39)13-24(41-29(31)32)27(23)35-25(36)15-37-9-7-18(8-10-37)22-3-2-4-26(34-22)40-16-19-6-5-17(14-33)11-21(19)30/h2-6,11-13,18,29H,7-10,15-16H2,1H3,(H,38,39). The van der Waals surface area contributed by atoms with E-state index in [9.17, 15) is 23.1 Å². The predicted octanol–water partition coefficient (Wildman–Crippen LogP) is 5.24. The van der Waals surface area contributed by atoms with Gasteiger partial charge in [-0.05, 0) is 56.3 Å². The van der Waals surface area contributed by atoms with E-state index in [1.165, 1.54) is 24.3 Å². The van der Waals surface area contributed by atoms with E-state index < -0.39 is 18.4 Å². The lowest BCUT2D eigenvalue weighted by molar-refractivity contribution is -0.0489. The highest BCUT2D eigenvalue weighted by Gasteiger charge is 2.25. The summed E-state index contributed by atoms with van der Waals surface area (Å²) < 4.78 is 52.1. The first-order valence-electron chi connectivity index (χ1n) is 12.9. The van der Waals surface area contributed by atoms with Gasteiger partial charge < -0.3 is 19.1 Å². The molecule has 1 saturated heterocycles. The fraction of sp³-hybridized carbons (Fsp3) is 0.310. The maximum Gasteiger partial charge on any atom is 0.387 e. The Labute approximate surface area is 233 Å². The summed E-state index contributed by atoms with van der Waals surface area (Å²) in [4.78, 5) is 22.8. The second-order valence-corrected chi connectivity index (χ2v) is 9.77. The van der Waals surface area contributed by atoms with Gasteiger partial charge in [0, 0.05) is 30.3 Å². The molecule has 0 saturated carbocycles. The molecule has 0 spiro atoms. The molecule has 1 N–H and O–H groups in total. The van der Waals surface area contributed by atoms with E-state index in [0.717, 1.165) is 37.7 Å². The van der Waals surface area contributed by atoms with Gasteiger partial charge in [-0.3, -0.25) is 4.90 Å². The van der Waals surface area contributed by atoms with Gasteiger partial charge in [0.05, 0.1) is 29.3 Å². The molecule has 0 bridgehead atoms. The molecule has 5 rings (SSSR count). The number of fused-ring (bicyclic) bond motifs is 1. The average molecular weight is 566 g/mol. The summed E-state index contributed by atoms with van der Waals surface area (Å²) in [5.74, 6) is -0.857. The number of piperidine rings is 1. The van der Waals surface area contributed by atoms with Crippen molar-refractivity contribution in [3.05, 3.63) is 82.6 Å². The Hall–Kier alpha value is -4.63. The lowest BCUT2D eigenvalue weighted by atomic mass is 9.93. The molecule has 0 aliphatic carbocycles. The highest BCUT2D eigenvalue weighted by molar-refractivity contribution is 5.95. The molecule has 3 heterocycles. The molecule has 0 amide bonds. The largest absolute Gasteiger partial charge is 0.478 e.